The van der Waals surface area contributed by atoms with Crippen LogP contribution in [-0.2, 0) is 6.61 Å². The lowest BCUT2D eigenvalue weighted by atomic mass is 10.2. The van der Waals surface area contributed by atoms with E-state index in [9.17, 15) is 0 Å². The topological polar surface area (TPSA) is 38.2 Å². The van der Waals surface area contributed by atoms with E-state index in [-0.39, 0.29) is 0 Å². The van der Waals surface area contributed by atoms with Crippen molar-refractivity contribution in [3.05, 3.63) is 48.3 Å². The Labute approximate surface area is 125 Å². The summed E-state index contributed by atoms with van der Waals surface area (Å²) in [6, 6.07) is 10.1. The van der Waals surface area contributed by atoms with Crippen molar-refractivity contribution < 1.29 is 4.74 Å². The maximum Gasteiger partial charge on any atom is 0.225 e. The van der Waals surface area contributed by atoms with Crippen LogP contribution in [0.5, 0.6) is 5.75 Å². The molecule has 1 saturated heterocycles. The molecule has 1 aliphatic rings. The first-order valence-electron chi connectivity index (χ1n) is 7.65. The summed E-state index contributed by atoms with van der Waals surface area (Å²) in [5.74, 6) is 1.54. The summed E-state index contributed by atoms with van der Waals surface area (Å²) in [5.41, 5.74) is 1.15. The monoisotopic (exact) mass is 283 g/mol. The average molecular weight is 283 g/mol. The number of rotatable bonds is 4. The molecule has 3 rings (SSSR count). The average Bonchev–Trinajstić information content (AvgIpc) is 2.84. The molecule has 0 atom stereocenters. The van der Waals surface area contributed by atoms with Crippen LogP contribution < -0.4 is 9.64 Å². The molecule has 0 saturated carbocycles. The second kappa shape index (κ2) is 7.07. The summed E-state index contributed by atoms with van der Waals surface area (Å²) in [6.07, 6.45) is 8.64. The lowest BCUT2D eigenvalue weighted by Gasteiger charge is -2.19. The quantitative estimate of drug-likeness (QED) is 0.861. The van der Waals surface area contributed by atoms with Gasteiger partial charge in [-0.2, -0.15) is 0 Å². The molecule has 0 amide bonds. The van der Waals surface area contributed by atoms with E-state index in [2.05, 4.69) is 14.9 Å². The molecule has 0 unspecified atom stereocenters. The Morgan fingerprint density at radius 2 is 1.57 bits per heavy atom. The molecule has 1 aromatic carbocycles. The molecule has 0 N–H and O–H groups in total. The Balaban J connectivity index is 1.58. The second-order valence-corrected chi connectivity index (χ2v) is 5.39. The number of benzene rings is 1. The van der Waals surface area contributed by atoms with Gasteiger partial charge in [-0.15, -0.1) is 0 Å². The Bertz CT molecular complexity index is 534. The molecular formula is C17H21N3O. The normalized spacial score (nSPS) is 15.5. The minimum Gasteiger partial charge on any atom is -0.486 e. The summed E-state index contributed by atoms with van der Waals surface area (Å²) >= 11 is 0. The summed E-state index contributed by atoms with van der Waals surface area (Å²) in [5, 5.41) is 0. The number of hydrogen-bond donors (Lipinski definition) is 0. The first-order chi connectivity index (χ1) is 10.4. The highest BCUT2D eigenvalue weighted by Gasteiger charge is 2.12. The van der Waals surface area contributed by atoms with Crippen molar-refractivity contribution in [3.8, 4) is 5.75 Å². The molecule has 110 valence electrons. The van der Waals surface area contributed by atoms with E-state index in [1.54, 1.807) is 12.4 Å². The fraction of sp³-hybridized carbons (Fsp3) is 0.412. The van der Waals surface area contributed by atoms with Crippen LogP contribution in [0.4, 0.5) is 5.95 Å². The van der Waals surface area contributed by atoms with Crippen LogP contribution >= 0.6 is 0 Å². The number of ether oxygens (including phenoxy) is 1. The van der Waals surface area contributed by atoms with E-state index in [1.807, 2.05) is 30.3 Å². The Hall–Kier alpha value is -2.10. The smallest absolute Gasteiger partial charge is 0.225 e. The van der Waals surface area contributed by atoms with Gasteiger partial charge in [0, 0.05) is 13.1 Å². The van der Waals surface area contributed by atoms with Crippen molar-refractivity contribution in [3.63, 3.8) is 0 Å². The van der Waals surface area contributed by atoms with Crippen LogP contribution in [0.3, 0.4) is 0 Å². The van der Waals surface area contributed by atoms with E-state index < -0.39 is 0 Å². The van der Waals surface area contributed by atoms with Gasteiger partial charge in [-0.3, -0.25) is 0 Å². The maximum atomic E-state index is 5.72. The van der Waals surface area contributed by atoms with Gasteiger partial charge >= 0.3 is 0 Å². The first kappa shape index (κ1) is 13.9. The molecule has 4 heteroatoms. The fourth-order valence-corrected chi connectivity index (χ4v) is 2.56. The zero-order valence-electron chi connectivity index (χ0n) is 12.2. The number of nitrogens with zero attached hydrogens (tertiary/aromatic N) is 3. The second-order valence-electron chi connectivity index (χ2n) is 5.39. The lowest BCUT2D eigenvalue weighted by Crippen LogP contribution is -2.25. The van der Waals surface area contributed by atoms with Crippen LogP contribution in [0.25, 0.3) is 0 Å². The fourth-order valence-electron chi connectivity index (χ4n) is 2.56. The molecule has 2 heterocycles. The largest absolute Gasteiger partial charge is 0.486 e. The van der Waals surface area contributed by atoms with Crippen molar-refractivity contribution in [2.24, 2.45) is 0 Å². The van der Waals surface area contributed by atoms with Gasteiger partial charge in [-0.05, 0) is 18.4 Å². The van der Waals surface area contributed by atoms with Crippen molar-refractivity contribution in [2.75, 3.05) is 18.0 Å². The van der Waals surface area contributed by atoms with Crippen LogP contribution in [0.2, 0.25) is 0 Å². The van der Waals surface area contributed by atoms with E-state index in [0.717, 1.165) is 30.4 Å². The highest BCUT2D eigenvalue weighted by Crippen LogP contribution is 2.17. The standard InChI is InChI=1S/C17H21N3O/c1-2-7-11-20(10-6-1)17-18-12-16(13-19-17)21-14-15-8-4-3-5-9-15/h3-5,8-9,12-13H,1-2,6-7,10-11,14H2. The summed E-state index contributed by atoms with van der Waals surface area (Å²) in [7, 11) is 0. The summed E-state index contributed by atoms with van der Waals surface area (Å²) in [6.45, 7) is 2.67. The van der Waals surface area contributed by atoms with E-state index in [4.69, 9.17) is 4.74 Å². The van der Waals surface area contributed by atoms with Gasteiger partial charge in [-0.25, -0.2) is 9.97 Å². The Kier molecular flexibility index (Phi) is 4.66. The lowest BCUT2D eigenvalue weighted by molar-refractivity contribution is 0.303. The molecule has 0 radical (unpaired) electrons. The third-order valence-corrected chi connectivity index (χ3v) is 3.75. The molecule has 0 bridgehead atoms. The molecule has 21 heavy (non-hydrogen) atoms. The Morgan fingerprint density at radius 3 is 2.24 bits per heavy atom. The molecule has 1 fully saturated rings. The highest BCUT2D eigenvalue weighted by molar-refractivity contribution is 5.31. The number of aromatic nitrogens is 2. The van der Waals surface area contributed by atoms with Crippen molar-refractivity contribution in [1.29, 1.82) is 0 Å². The van der Waals surface area contributed by atoms with Crippen LogP contribution in [0, 0.1) is 0 Å². The van der Waals surface area contributed by atoms with E-state index in [1.165, 1.54) is 25.7 Å². The van der Waals surface area contributed by atoms with Crippen molar-refractivity contribution >= 4 is 5.95 Å². The van der Waals surface area contributed by atoms with Gasteiger partial charge in [0.15, 0.2) is 5.75 Å². The SMILES string of the molecule is c1ccc(COc2cnc(N3CCCCCC3)nc2)cc1. The third kappa shape index (κ3) is 3.94. The van der Waals surface area contributed by atoms with Gasteiger partial charge in [0.05, 0.1) is 12.4 Å². The Morgan fingerprint density at radius 1 is 0.905 bits per heavy atom. The van der Waals surface area contributed by atoms with Crippen molar-refractivity contribution in [2.45, 2.75) is 32.3 Å². The number of anilines is 1. The minimum absolute atomic E-state index is 0.549. The van der Waals surface area contributed by atoms with Gasteiger partial charge in [0.25, 0.3) is 0 Å². The highest BCUT2D eigenvalue weighted by atomic mass is 16.5. The molecular weight excluding hydrogens is 262 g/mol. The van der Waals surface area contributed by atoms with Gasteiger partial charge in [0.1, 0.15) is 6.61 Å². The molecule has 0 aliphatic carbocycles. The third-order valence-electron chi connectivity index (χ3n) is 3.75. The predicted molar refractivity (Wildman–Crippen MR) is 83.5 cm³/mol. The molecule has 1 aliphatic heterocycles. The van der Waals surface area contributed by atoms with Crippen molar-refractivity contribution in [1.82, 2.24) is 9.97 Å². The van der Waals surface area contributed by atoms with E-state index in [0.29, 0.717) is 6.61 Å². The van der Waals surface area contributed by atoms with Crippen LogP contribution in [0.1, 0.15) is 31.2 Å². The zero-order chi connectivity index (χ0) is 14.3. The molecule has 2 aromatic rings. The molecule has 0 spiro atoms. The first-order valence-corrected chi connectivity index (χ1v) is 7.65. The minimum atomic E-state index is 0.549. The molecule has 4 nitrogen and oxygen atoms in total. The number of hydrogen-bond acceptors (Lipinski definition) is 4. The molecule has 1 aromatic heterocycles. The van der Waals surface area contributed by atoms with E-state index >= 15 is 0 Å². The van der Waals surface area contributed by atoms with Crippen LogP contribution in [0.15, 0.2) is 42.7 Å². The summed E-state index contributed by atoms with van der Waals surface area (Å²) in [4.78, 5) is 11.2. The maximum absolute atomic E-state index is 5.72. The van der Waals surface area contributed by atoms with Gasteiger partial charge in [0.2, 0.25) is 5.95 Å². The summed E-state index contributed by atoms with van der Waals surface area (Å²) < 4.78 is 5.72. The van der Waals surface area contributed by atoms with Crippen LogP contribution in [-0.4, -0.2) is 23.1 Å². The van der Waals surface area contributed by atoms with Gasteiger partial charge < -0.3 is 9.64 Å². The van der Waals surface area contributed by atoms with Gasteiger partial charge in [-0.1, -0.05) is 43.2 Å². The predicted octanol–water partition coefficient (Wildman–Crippen LogP) is 3.44. The zero-order valence-corrected chi connectivity index (χ0v) is 12.2.